The summed E-state index contributed by atoms with van der Waals surface area (Å²) in [7, 11) is 0. The number of hydrogen-bond acceptors (Lipinski definition) is 1. The highest BCUT2D eigenvalue weighted by atomic mass is 35.5. The largest absolute Gasteiger partial charge is 0.280 e. The molecule has 1 fully saturated rings. The van der Waals surface area contributed by atoms with Crippen LogP contribution in [0.1, 0.15) is 40.5 Å². The summed E-state index contributed by atoms with van der Waals surface area (Å²) in [5, 5.41) is 0. The molecule has 1 rings (SSSR count). The number of hydrogen-bond donors (Lipinski definition) is 0. The van der Waals surface area contributed by atoms with E-state index in [4.69, 9.17) is 11.6 Å². The maximum Gasteiger partial charge on any atom is 0.0967 e. The van der Waals surface area contributed by atoms with Crippen molar-refractivity contribution < 1.29 is 0 Å². The van der Waals surface area contributed by atoms with Crippen molar-refractivity contribution in [2.75, 3.05) is 0 Å². The number of nitrogens with zero attached hydrogens (tertiary/aromatic N) is 1. The Hall–Kier alpha value is 0.250. The second-order valence-electron chi connectivity index (χ2n) is 4.01. The van der Waals surface area contributed by atoms with E-state index in [0.717, 1.165) is 12.8 Å². The highest BCUT2D eigenvalue weighted by molar-refractivity contribution is 6.25. The molecule has 0 saturated heterocycles. The molecule has 1 nitrogen and oxygen atoms in total. The Kier molecular flexibility index (Phi) is 2.50. The van der Waals surface area contributed by atoms with Crippen LogP contribution in [0, 0.1) is 0 Å². The first-order valence-electron chi connectivity index (χ1n) is 4.45. The summed E-state index contributed by atoms with van der Waals surface area (Å²) in [5.41, 5.74) is 0. The Morgan fingerprint density at radius 1 is 1.09 bits per heavy atom. The third kappa shape index (κ3) is 1.88. The molecule has 0 aliphatic heterocycles. The fraction of sp³-hybridized carbons (Fsp3) is 1.00. The molecule has 0 atom stereocenters. The molecular weight excluding hydrogens is 158 g/mol. The predicted molar refractivity (Wildman–Crippen MR) is 49.9 cm³/mol. The Bertz CT molecular complexity index is 130. The van der Waals surface area contributed by atoms with Crippen LogP contribution >= 0.6 is 11.6 Å². The van der Waals surface area contributed by atoms with Crippen LogP contribution in [0.5, 0.6) is 0 Å². The van der Waals surface area contributed by atoms with Crippen molar-refractivity contribution >= 4 is 11.6 Å². The van der Waals surface area contributed by atoms with Crippen molar-refractivity contribution in [1.82, 2.24) is 4.90 Å². The zero-order chi connectivity index (χ0) is 8.65. The van der Waals surface area contributed by atoms with Gasteiger partial charge in [-0.25, -0.2) is 0 Å². The maximum absolute atomic E-state index is 6.33. The summed E-state index contributed by atoms with van der Waals surface area (Å²) in [4.78, 5) is 2.41. The van der Waals surface area contributed by atoms with Crippen LogP contribution in [-0.4, -0.2) is 22.0 Å². The molecule has 1 saturated carbocycles. The first-order valence-corrected chi connectivity index (χ1v) is 4.82. The lowest BCUT2D eigenvalue weighted by atomic mass is 10.2. The molecule has 0 heterocycles. The highest BCUT2D eigenvalue weighted by Gasteiger charge is 2.48. The molecule has 0 aromatic rings. The molecule has 0 unspecified atom stereocenters. The average molecular weight is 176 g/mol. The van der Waals surface area contributed by atoms with Crippen molar-refractivity contribution in [2.45, 2.75) is 57.6 Å². The van der Waals surface area contributed by atoms with Crippen LogP contribution in [0.15, 0.2) is 0 Å². The van der Waals surface area contributed by atoms with Crippen molar-refractivity contribution in [3.8, 4) is 0 Å². The Balaban J connectivity index is 2.60. The van der Waals surface area contributed by atoms with Gasteiger partial charge in [-0.3, -0.25) is 4.90 Å². The minimum atomic E-state index is 0.0162. The molecule has 0 aromatic carbocycles. The van der Waals surface area contributed by atoms with Gasteiger partial charge in [0, 0.05) is 12.1 Å². The monoisotopic (exact) mass is 175 g/mol. The summed E-state index contributed by atoms with van der Waals surface area (Å²) in [6.45, 7) is 8.84. The second-order valence-corrected chi connectivity index (χ2v) is 4.72. The summed E-state index contributed by atoms with van der Waals surface area (Å²) in [6, 6.07) is 1.13. The van der Waals surface area contributed by atoms with E-state index in [9.17, 15) is 0 Å². The van der Waals surface area contributed by atoms with E-state index in [1.807, 2.05) is 0 Å². The lowest BCUT2D eigenvalue weighted by Crippen LogP contribution is -2.43. The Labute approximate surface area is 74.7 Å². The van der Waals surface area contributed by atoms with Gasteiger partial charge in [0.1, 0.15) is 0 Å². The van der Waals surface area contributed by atoms with Crippen LogP contribution in [0.4, 0.5) is 0 Å². The molecule has 0 amide bonds. The molecule has 66 valence electrons. The molecule has 1 aliphatic carbocycles. The first kappa shape index (κ1) is 9.34. The van der Waals surface area contributed by atoms with E-state index in [1.54, 1.807) is 0 Å². The number of alkyl halides is 1. The van der Waals surface area contributed by atoms with Crippen LogP contribution < -0.4 is 0 Å². The summed E-state index contributed by atoms with van der Waals surface area (Å²) < 4.78 is 0. The number of rotatable bonds is 3. The topological polar surface area (TPSA) is 3.24 Å². The first-order chi connectivity index (χ1) is 4.97. The van der Waals surface area contributed by atoms with Gasteiger partial charge in [-0.1, -0.05) is 0 Å². The van der Waals surface area contributed by atoms with Crippen LogP contribution in [0.3, 0.4) is 0 Å². The standard InChI is InChI=1S/C9H18ClN/c1-7(2)11(8(3)4)9(10)5-6-9/h7-8H,5-6H2,1-4H3. The number of halogens is 1. The lowest BCUT2D eigenvalue weighted by molar-refractivity contribution is 0.143. The van der Waals surface area contributed by atoms with Crippen molar-refractivity contribution in [3.05, 3.63) is 0 Å². The van der Waals surface area contributed by atoms with Gasteiger partial charge >= 0.3 is 0 Å². The summed E-state index contributed by atoms with van der Waals surface area (Å²) >= 11 is 6.33. The average Bonchev–Trinajstić information content (AvgIpc) is 2.44. The SMILES string of the molecule is CC(C)N(C(C)C)C1(Cl)CC1. The second kappa shape index (κ2) is 2.95. The van der Waals surface area contributed by atoms with E-state index < -0.39 is 0 Å². The van der Waals surface area contributed by atoms with Crippen molar-refractivity contribution in [3.63, 3.8) is 0 Å². The minimum Gasteiger partial charge on any atom is -0.280 e. The van der Waals surface area contributed by atoms with Crippen molar-refractivity contribution in [2.24, 2.45) is 0 Å². The normalized spacial score (nSPS) is 21.8. The molecule has 0 bridgehead atoms. The zero-order valence-electron chi connectivity index (χ0n) is 7.89. The highest BCUT2D eigenvalue weighted by Crippen LogP contribution is 2.47. The van der Waals surface area contributed by atoms with Gasteiger partial charge in [0.15, 0.2) is 0 Å². The van der Waals surface area contributed by atoms with E-state index in [1.165, 1.54) is 0 Å². The summed E-state index contributed by atoms with van der Waals surface area (Å²) in [6.07, 6.45) is 2.32. The van der Waals surface area contributed by atoms with Gasteiger partial charge < -0.3 is 0 Å². The quantitative estimate of drug-likeness (QED) is 0.471. The molecule has 0 spiro atoms. The lowest BCUT2D eigenvalue weighted by Gasteiger charge is -2.34. The van der Waals surface area contributed by atoms with Crippen molar-refractivity contribution in [1.29, 1.82) is 0 Å². The third-order valence-corrected chi connectivity index (χ3v) is 2.81. The molecule has 2 heteroatoms. The smallest absolute Gasteiger partial charge is 0.0967 e. The molecule has 0 aromatic heterocycles. The van der Waals surface area contributed by atoms with Gasteiger partial charge in [0.05, 0.1) is 5.00 Å². The van der Waals surface area contributed by atoms with Crippen LogP contribution in [0.25, 0.3) is 0 Å². The Morgan fingerprint density at radius 3 is 1.55 bits per heavy atom. The van der Waals surface area contributed by atoms with Gasteiger partial charge in [0.25, 0.3) is 0 Å². The minimum absolute atomic E-state index is 0.0162. The van der Waals surface area contributed by atoms with Gasteiger partial charge in [-0.15, -0.1) is 11.6 Å². The zero-order valence-corrected chi connectivity index (χ0v) is 8.65. The van der Waals surface area contributed by atoms with Gasteiger partial charge in [-0.05, 0) is 40.5 Å². The van der Waals surface area contributed by atoms with Crippen LogP contribution in [0.2, 0.25) is 0 Å². The fourth-order valence-electron chi connectivity index (χ4n) is 1.88. The van der Waals surface area contributed by atoms with Crippen LogP contribution in [-0.2, 0) is 0 Å². The molecule has 0 N–H and O–H groups in total. The van der Waals surface area contributed by atoms with E-state index in [0.29, 0.717) is 12.1 Å². The molecular formula is C9H18ClN. The third-order valence-electron chi connectivity index (χ3n) is 2.24. The van der Waals surface area contributed by atoms with E-state index in [-0.39, 0.29) is 5.00 Å². The molecule has 11 heavy (non-hydrogen) atoms. The van der Waals surface area contributed by atoms with Gasteiger partial charge in [-0.2, -0.15) is 0 Å². The van der Waals surface area contributed by atoms with E-state index >= 15 is 0 Å². The van der Waals surface area contributed by atoms with Gasteiger partial charge in [0.2, 0.25) is 0 Å². The molecule has 1 aliphatic rings. The fourth-order valence-corrected chi connectivity index (χ4v) is 2.37. The Morgan fingerprint density at radius 2 is 1.45 bits per heavy atom. The molecule has 0 radical (unpaired) electrons. The predicted octanol–water partition coefficient (Wildman–Crippen LogP) is 2.83. The van der Waals surface area contributed by atoms with E-state index in [2.05, 4.69) is 32.6 Å². The maximum atomic E-state index is 6.33. The summed E-state index contributed by atoms with van der Waals surface area (Å²) in [5.74, 6) is 0.